The molecule has 1 aromatic carbocycles. The molecular formula is C31H21N5OS. The van der Waals surface area contributed by atoms with Gasteiger partial charge < -0.3 is 9.72 Å². The monoisotopic (exact) mass is 511 g/mol. The quantitative estimate of drug-likeness (QED) is 0.231. The fourth-order valence-electron chi connectivity index (χ4n) is 4.62. The van der Waals surface area contributed by atoms with Gasteiger partial charge in [-0.1, -0.05) is 30.3 Å². The fourth-order valence-corrected chi connectivity index (χ4v) is 5.28. The fraction of sp³-hybridized carbons (Fsp3) is 0.0323. The highest BCUT2D eigenvalue weighted by Crippen LogP contribution is 2.35. The first-order chi connectivity index (χ1) is 18.8. The second-order valence-electron chi connectivity index (χ2n) is 8.96. The van der Waals surface area contributed by atoms with Crippen LogP contribution in [0.5, 0.6) is 5.75 Å². The lowest BCUT2D eigenvalue weighted by Crippen LogP contribution is -1.96. The molecule has 182 valence electrons. The molecule has 0 fully saturated rings. The summed E-state index contributed by atoms with van der Waals surface area (Å²) >= 11 is 1.69. The summed E-state index contributed by atoms with van der Waals surface area (Å²) in [6.07, 6.45) is 11.4. The lowest BCUT2D eigenvalue weighted by molar-refractivity contribution is 0.305. The number of fused-ring (bicyclic) bond motifs is 2. The van der Waals surface area contributed by atoms with Crippen molar-refractivity contribution in [3.8, 4) is 28.3 Å². The molecule has 0 amide bonds. The Balaban J connectivity index is 1.23. The van der Waals surface area contributed by atoms with E-state index in [4.69, 9.17) is 4.74 Å². The van der Waals surface area contributed by atoms with Crippen LogP contribution in [-0.2, 0) is 6.61 Å². The van der Waals surface area contributed by atoms with Crippen LogP contribution in [-0.4, -0.2) is 25.1 Å². The number of aromatic amines is 2. The highest BCUT2D eigenvalue weighted by Gasteiger charge is 2.18. The van der Waals surface area contributed by atoms with Crippen molar-refractivity contribution in [1.82, 2.24) is 25.1 Å². The van der Waals surface area contributed by atoms with Gasteiger partial charge in [0.25, 0.3) is 0 Å². The van der Waals surface area contributed by atoms with Gasteiger partial charge in [0.1, 0.15) is 18.1 Å². The second-order valence-corrected chi connectivity index (χ2v) is 9.74. The van der Waals surface area contributed by atoms with Crippen molar-refractivity contribution < 1.29 is 4.74 Å². The Morgan fingerprint density at radius 3 is 2.76 bits per heavy atom. The number of allylic oxidation sites excluding steroid dienone is 2. The van der Waals surface area contributed by atoms with Crippen LogP contribution in [0.25, 0.3) is 45.2 Å². The van der Waals surface area contributed by atoms with Gasteiger partial charge in [-0.3, -0.25) is 10.1 Å². The van der Waals surface area contributed by atoms with Gasteiger partial charge in [-0.25, -0.2) is 4.98 Å². The molecule has 7 heteroatoms. The first-order valence-corrected chi connectivity index (χ1v) is 13.1. The largest absolute Gasteiger partial charge is 0.487 e. The van der Waals surface area contributed by atoms with Gasteiger partial charge in [0, 0.05) is 40.5 Å². The third-order valence-electron chi connectivity index (χ3n) is 6.51. The van der Waals surface area contributed by atoms with E-state index in [-0.39, 0.29) is 0 Å². The standard InChI is InChI=1S/C31H21N5OS/c1-2-6-20(7-3-1)18-37-24-12-22(15-32-17-24)23-13-27-30(35-36-31(27)33-16-23)29-14-26-25(21-10-11-38-19-21)8-4-5-9-28(26)34-29/h1-4,6-17,19,34H,18H2,(H,33,35,36). The van der Waals surface area contributed by atoms with Crippen LogP contribution in [0, 0.1) is 0 Å². The number of hydrogen-bond donors (Lipinski definition) is 2. The molecule has 1 aliphatic carbocycles. The zero-order valence-electron chi connectivity index (χ0n) is 20.2. The number of thiophene rings is 1. The molecule has 5 heterocycles. The molecule has 0 bridgehead atoms. The number of rotatable bonds is 6. The summed E-state index contributed by atoms with van der Waals surface area (Å²) in [6, 6.07) is 18.5. The van der Waals surface area contributed by atoms with Crippen LogP contribution in [0.4, 0.5) is 0 Å². The summed E-state index contributed by atoms with van der Waals surface area (Å²) in [7, 11) is 0. The van der Waals surface area contributed by atoms with E-state index < -0.39 is 0 Å². The van der Waals surface area contributed by atoms with Crippen molar-refractivity contribution in [3.63, 3.8) is 0 Å². The van der Waals surface area contributed by atoms with Crippen LogP contribution in [0.1, 0.15) is 22.4 Å². The normalized spacial score (nSPS) is 12.4. The Morgan fingerprint density at radius 2 is 1.87 bits per heavy atom. The summed E-state index contributed by atoms with van der Waals surface area (Å²) in [5.41, 5.74) is 13.1. The number of aromatic nitrogens is 5. The van der Waals surface area contributed by atoms with E-state index >= 15 is 0 Å². The number of pyridine rings is 2. The lowest BCUT2D eigenvalue weighted by atomic mass is 10.00. The number of hydrogen-bond acceptors (Lipinski definition) is 5. The van der Waals surface area contributed by atoms with Gasteiger partial charge >= 0.3 is 0 Å². The second kappa shape index (κ2) is 9.48. The number of nitrogens with zero attached hydrogens (tertiary/aromatic N) is 3. The minimum atomic E-state index is 0.484. The number of ether oxygens (including phenoxy) is 1. The smallest absolute Gasteiger partial charge is 0.155 e. The van der Waals surface area contributed by atoms with Crippen molar-refractivity contribution in [2.24, 2.45) is 0 Å². The van der Waals surface area contributed by atoms with E-state index in [1.54, 1.807) is 17.5 Å². The minimum absolute atomic E-state index is 0.484. The maximum absolute atomic E-state index is 5.99. The summed E-state index contributed by atoms with van der Waals surface area (Å²) in [4.78, 5) is 12.6. The van der Waals surface area contributed by atoms with E-state index in [0.717, 1.165) is 55.9 Å². The summed E-state index contributed by atoms with van der Waals surface area (Å²) in [5.74, 6) is 0.708. The highest BCUT2D eigenvalue weighted by molar-refractivity contribution is 7.08. The van der Waals surface area contributed by atoms with Gasteiger partial charge in [0.15, 0.2) is 5.65 Å². The molecule has 0 spiro atoms. The number of benzene rings is 1. The van der Waals surface area contributed by atoms with E-state index in [2.05, 4.69) is 65.9 Å². The van der Waals surface area contributed by atoms with Gasteiger partial charge in [0.05, 0.1) is 17.6 Å². The first kappa shape index (κ1) is 22.2. The third-order valence-corrected chi connectivity index (χ3v) is 7.19. The van der Waals surface area contributed by atoms with Crippen molar-refractivity contribution in [2.45, 2.75) is 6.61 Å². The molecular weight excluding hydrogens is 490 g/mol. The molecule has 5 aromatic heterocycles. The zero-order chi connectivity index (χ0) is 25.3. The summed E-state index contributed by atoms with van der Waals surface area (Å²) in [6.45, 7) is 0.484. The maximum atomic E-state index is 5.99. The van der Waals surface area contributed by atoms with Crippen molar-refractivity contribution in [2.75, 3.05) is 0 Å². The molecule has 6 aromatic rings. The average Bonchev–Trinajstić information content (AvgIpc) is 3.71. The van der Waals surface area contributed by atoms with Crippen molar-refractivity contribution >= 4 is 34.0 Å². The topological polar surface area (TPSA) is 79.5 Å². The third kappa shape index (κ3) is 4.16. The molecule has 0 saturated carbocycles. The predicted octanol–water partition coefficient (Wildman–Crippen LogP) is 7.27. The molecule has 7 rings (SSSR count). The molecule has 6 nitrogen and oxygen atoms in total. The van der Waals surface area contributed by atoms with E-state index in [9.17, 15) is 0 Å². The summed E-state index contributed by atoms with van der Waals surface area (Å²) in [5, 5.41) is 12.9. The molecule has 1 aliphatic rings. The van der Waals surface area contributed by atoms with Crippen molar-refractivity contribution in [1.29, 1.82) is 0 Å². The lowest BCUT2D eigenvalue weighted by Gasteiger charge is -2.08. The SMILES string of the molecule is C1=CC=C(c2ccsc2)c2cc(-c3n[nH]c4ncc(-c5cncc(OCc6ccccc6)c5)cc34)[nH]c2C=1. The van der Waals surface area contributed by atoms with Gasteiger partial charge in [0.2, 0.25) is 0 Å². The van der Waals surface area contributed by atoms with Crippen molar-refractivity contribution in [3.05, 3.63) is 124 Å². The molecule has 0 unspecified atom stereocenters. The molecule has 38 heavy (non-hydrogen) atoms. The van der Waals surface area contributed by atoms with Crippen LogP contribution >= 0.6 is 11.3 Å². The molecule has 0 atom stereocenters. The zero-order valence-corrected chi connectivity index (χ0v) is 21.0. The number of nitrogens with one attached hydrogen (secondary N) is 2. The van der Waals surface area contributed by atoms with E-state index in [1.165, 1.54) is 5.56 Å². The Hall–Kier alpha value is -4.97. The Bertz CT molecular complexity index is 1860. The van der Waals surface area contributed by atoms with Crippen LogP contribution in [0.3, 0.4) is 0 Å². The van der Waals surface area contributed by atoms with Gasteiger partial charge in [-0.05, 0) is 63.9 Å². The Labute approximate surface area is 222 Å². The van der Waals surface area contributed by atoms with E-state index in [1.807, 2.05) is 60.9 Å². The van der Waals surface area contributed by atoms with Crippen LogP contribution < -0.4 is 4.74 Å². The minimum Gasteiger partial charge on any atom is -0.487 e. The highest BCUT2D eigenvalue weighted by atomic mass is 32.1. The molecule has 0 saturated heterocycles. The summed E-state index contributed by atoms with van der Waals surface area (Å²) < 4.78 is 5.99. The number of H-pyrrole nitrogens is 2. The van der Waals surface area contributed by atoms with Gasteiger partial charge in [-0.15, -0.1) is 5.73 Å². The van der Waals surface area contributed by atoms with E-state index in [0.29, 0.717) is 12.4 Å². The maximum Gasteiger partial charge on any atom is 0.155 e. The Kier molecular flexibility index (Phi) is 5.55. The average molecular weight is 512 g/mol. The molecule has 0 aliphatic heterocycles. The molecule has 0 radical (unpaired) electrons. The van der Waals surface area contributed by atoms with Crippen LogP contribution in [0.2, 0.25) is 0 Å². The Morgan fingerprint density at radius 1 is 0.947 bits per heavy atom. The van der Waals surface area contributed by atoms with Gasteiger partial charge in [-0.2, -0.15) is 16.4 Å². The molecule has 2 N–H and O–H groups in total. The predicted molar refractivity (Wildman–Crippen MR) is 152 cm³/mol. The first-order valence-electron chi connectivity index (χ1n) is 12.2. The van der Waals surface area contributed by atoms with Crippen LogP contribution in [0.15, 0.2) is 102 Å².